The highest BCUT2D eigenvalue weighted by molar-refractivity contribution is 6.33. The second kappa shape index (κ2) is 3.50. The van der Waals surface area contributed by atoms with Gasteiger partial charge in [0.05, 0.1) is 12.4 Å². The number of halogens is 2. The minimum Gasteiger partial charge on any atom is -0.509 e. The average Bonchev–Trinajstić information content (AvgIpc) is 2.34. The van der Waals surface area contributed by atoms with E-state index in [1.165, 1.54) is 0 Å². The molecule has 66 valence electrons. The van der Waals surface area contributed by atoms with Crippen LogP contribution in [0.25, 0.3) is 0 Å². The zero-order valence-electron chi connectivity index (χ0n) is 5.76. The predicted octanol–water partition coefficient (Wildman–Crippen LogP) is -0.374. The van der Waals surface area contributed by atoms with Crippen LogP contribution in [0.5, 0.6) is 5.75 Å². The summed E-state index contributed by atoms with van der Waals surface area (Å²) in [6.45, 7) is -2.77. The summed E-state index contributed by atoms with van der Waals surface area (Å²) in [6, 6.07) is 0. The Morgan fingerprint density at radius 3 is 2.67 bits per heavy atom. The van der Waals surface area contributed by atoms with Crippen molar-refractivity contribution < 1.29 is 23.5 Å². The lowest BCUT2D eigenvalue weighted by Crippen LogP contribution is -2.20. The van der Waals surface area contributed by atoms with Crippen LogP contribution >= 0.6 is 0 Å². The highest BCUT2D eigenvalue weighted by Crippen LogP contribution is 2.14. The summed E-state index contributed by atoms with van der Waals surface area (Å²) < 4.78 is 28.2. The summed E-state index contributed by atoms with van der Waals surface area (Å²) in [6.07, 6.45) is 1.80. The van der Waals surface area contributed by atoms with Crippen molar-refractivity contribution in [3.8, 4) is 5.75 Å². The Morgan fingerprint density at radius 1 is 1.58 bits per heavy atom. The van der Waals surface area contributed by atoms with Gasteiger partial charge in [-0.3, -0.25) is 0 Å². The molecule has 0 aromatic carbocycles. The van der Waals surface area contributed by atoms with Crippen molar-refractivity contribution >= 4 is 7.32 Å². The molecule has 1 rings (SSSR count). The Balaban J connectivity index is 2.64. The smallest absolute Gasteiger partial charge is 0.509 e. The van der Waals surface area contributed by atoms with Crippen molar-refractivity contribution in [2.24, 2.45) is 0 Å². The van der Waals surface area contributed by atoms with Gasteiger partial charge in [0.25, 0.3) is 0 Å². The van der Waals surface area contributed by atoms with Crippen LogP contribution in [0.1, 0.15) is 6.55 Å². The Bertz CT molecular complexity index is 254. The molecule has 0 amide bonds. The molecule has 0 aliphatic rings. The van der Waals surface area contributed by atoms with Gasteiger partial charge in [0.2, 0.25) is 0 Å². The molecule has 5 nitrogen and oxygen atoms in total. The average molecular weight is 178 g/mol. The molecule has 0 spiro atoms. The molecular weight excluding hydrogens is 173 g/mol. The molecule has 8 heteroatoms. The standard InChI is InChI=1S/C4H5BF2N2O3/c6-4(7)9-2-3(1-8-9)12-5(10)11/h1-2,4,10-11H. The molecule has 0 unspecified atom stereocenters. The van der Waals surface area contributed by atoms with Crippen LogP contribution in [0.15, 0.2) is 12.4 Å². The largest absolute Gasteiger partial charge is 0.707 e. The molecule has 0 aliphatic carbocycles. The normalized spacial score (nSPS) is 10.4. The molecule has 0 bridgehead atoms. The van der Waals surface area contributed by atoms with Crippen LogP contribution in [-0.2, 0) is 0 Å². The van der Waals surface area contributed by atoms with Gasteiger partial charge in [0.1, 0.15) is 5.75 Å². The number of rotatable bonds is 3. The number of aromatic nitrogens is 2. The van der Waals surface area contributed by atoms with Gasteiger partial charge in [-0.15, -0.1) is 0 Å². The van der Waals surface area contributed by atoms with E-state index in [1.54, 1.807) is 0 Å². The van der Waals surface area contributed by atoms with E-state index >= 15 is 0 Å². The summed E-state index contributed by atoms with van der Waals surface area (Å²) in [4.78, 5) is 0. The molecule has 12 heavy (non-hydrogen) atoms. The fourth-order valence-corrected chi connectivity index (χ4v) is 0.610. The quantitative estimate of drug-likeness (QED) is 0.619. The summed E-state index contributed by atoms with van der Waals surface area (Å²) in [5.41, 5.74) is 0. The van der Waals surface area contributed by atoms with E-state index in [-0.39, 0.29) is 5.75 Å². The van der Waals surface area contributed by atoms with Gasteiger partial charge in [-0.2, -0.15) is 13.9 Å². The molecule has 0 fully saturated rings. The first-order valence-electron chi connectivity index (χ1n) is 2.94. The van der Waals surface area contributed by atoms with Gasteiger partial charge in [-0.25, -0.2) is 4.68 Å². The van der Waals surface area contributed by atoms with E-state index < -0.39 is 13.9 Å². The maximum atomic E-state index is 11.8. The molecule has 0 radical (unpaired) electrons. The van der Waals surface area contributed by atoms with Crippen LogP contribution in [0, 0.1) is 0 Å². The van der Waals surface area contributed by atoms with Crippen LogP contribution in [0.3, 0.4) is 0 Å². The van der Waals surface area contributed by atoms with Gasteiger partial charge < -0.3 is 14.7 Å². The molecule has 0 saturated carbocycles. The predicted molar refractivity (Wildman–Crippen MR) is 34.3 cm³/mol. The minimum atomic E-state index is -2.77. The van der Waals surface area contributed by atoms with Crippen molar-refractivity contribution in [3.05, 3.63) is 12.4 Å². The summed E-state index contributed by atoms with van der Waals surface area (Å²) in [5.74, 6) is -0.134. The van der Waals surface area contributed by atoms with Crippen LogP contribution in [-0.4, -0.2) is 27.1 Å². The Hall–Kier alpha value is -1.15. The fourth-order valence-electron chi connectivity index (χ4n) is 0.610. The maximum absolute atomic E-state index is 11.8. The van der Waals surface area contributed by atoms with Gasteiger partial charge in [-0.05, 0) is 0 Å². The minimum absolute atomic E-state index is 0.134. The van der Waals surface area contributed by atoms with Crippen molar-refractivity contribution in [1.29, 1.82) is 0 Å². The number of hydrogen-bond donors (Lipinski definition) is 2. The molecule has 1 aromatic rings. The summed E-state index contributed by atoms with van der Waals surface area (Å²) >= 11 is 0. The highest BCUT2D eigenvalue weighted by Gasteiger charge is 2.14. The third-order valence-electron chi connectivity index (χ3n) is 1.02. The summed E-state index contributed by atoms with van der Waals surface area (Å²) in [5, 5.41) is 19.7. The van der Waals surface area contributed by atoms with E-state index in [9.17, 15) is 8.78 Å². The number of nitrogens with zero attached hydrogens (tertiary/aromatic N) is 2. The van der Waals surface area contributed by atoms with Crippen molar-refractivity contribution in [2.45, 2.75) is 6.55 Å². The van der Waals surface area contributed by atoms with Crippen molar-refractivity contribution in [1.82, 2.24) is 9.78 Å². The highest BCUT2D eigenvalue weighted by atomic mass is 19.3. The van der Waals surface area contributed by atoms with E-state index in [2.05, 4.69) is 9.75 Å². The first-order valence-corrected chi connectivity index (χ1v) is 2.94. The van der Waals surface area contributed by atoms with Crippen molar-refractivity contribution in [2.75, 3.05) is 0 Å². The van der Waals surface area contributed by atoms with Gasteiger partial charge in [0, 0.05) is 0 Å². The van der Waals surface area contributed by atoms with Crippen LogP contribution in [0.4, 0.5) is 8.78 Å². The second-order valence-corrected chi connectivity index (χ2v) is 1.88. The summed E-state index contributed by atoms with van der Waals surface area (Å²) in [7, 11) is -2.03. The Labute approximate surface area is 66.4 Å². The molecule has 0 atom stereocenters. The van der Waals surface area contributed by atoms with E-state index in [0.717, 1.165) is 12.4 Å². The molecular formula is C4H5BF2N2O3. The second-order valence-electron chi connectivity index (χ2n) is 1.88. The van der Waals surface area contributed by atoms with Crippen LogP contribution < -0.4 is 4.65 Å². The lowest BCUT2D eigenvalue weighted by molar-refractivity contribution is 0.0563. The monoisotopic (exact) mass is 178 g/mol. The van der Waals surface area contributed by atoms with Crippen molar-refractivity contribution in [3.63, 3.8) is 0 Å². The van der Waals surface area contributed by atoms with Gasteiger partial charge in [-0.1, -0.05) is 0 Å². The van der Waals surface area contributed by atoms with E-state index in [4.69, 9.17) is 10.0 Å². The van der Waals surface area contributed by atoms with Gasteiger partial charge >= 0.3 is 13.9 Å². The Kier molecular flexibility index (Phi) is 2.61. The zero-order chi connectivity index (χ0) is 9.14. The lowest BCUT2D eigenvalue weighted by atomic mass is 10.3. The lowest BCUT2D eigenvalue weighted by Gasteiger charge is -1.98. The zero-order valence-corrected chi connectivity index (χ0v) is 5.76. The fraction of sp³-hybridized carbons (Fsp3) is 0.250. The topological polar surface area (TPSA) is 67.5 Å². The Morgan fingerprint density at radius 2 is 2.25 bits per heavy atom. The molecule has 2 N–H and O–H groups in total. The molecule has 1 heterocycles. The van der Waals surface area contributed by atoms with E-state index in [0.29, 0.717) is 4.68 Å². The number of hydrogen-bond acceptors (Lipinski definition) is 4. The SMILES string of the molecule is OB(O)Oc1cnn(C(F)F)c1. The first kappa shape index (κ1) is 8.95. The van der Waals surface area contributed by atoms with E-state index in [1.807, 2.05) is 0 Å². The van der Waals surface area contributed by atoms with Gasteiger partial charge in [0.15, 0.2) is 0 Å². The maximum Gasteiger partial charge on any atom is 0.707 e. The number of alkyl halides is 2. The third kappa shape index (κ3) is 2.17. The van der Waals surface area contributed by atoms with Crippen LogP contribution in [0.2, 0.25) is 0 Å². The molecule has 1 aromatic heterocycles. The molecule has 0 aliphatic heterocycles. The molecule has 0 saturated heterocycles. The first-order chi connectivity index (χ1) is 5.59. The third-order valence-corrected chi connectivity index (χ3v) is 1.02.